The maximum atomic E-state index is 15.0. The largest absolute Gasteiger partial charge is 0.335 e. The average molecular weight is 339 g/mol. The van der Waals surface area contributed by atoms with Crippen molar-refractivity contribution in [3.63, 3.8) is 0 Å². The van der Waals surface area contributed by atoms with Crippen LogP contribution in [0.15, 0.2) is 24.3 Å². The van der Waals surface area contributed by atoms with Crippen LogP contribution in [0.2, 0.25) is 0 Å². The Morgan fingerprint density at radius 3 is 2.52 bits per heavy atom. The molecule has 2 aromatic rings. The van der Waals surface area contributed by atoms with E-state index in [1.807, 2.05) is 33.8 Å². The van der Waals surface area contributed by atoms with Gasteiger partial charge in [-0.2, -0.15) is 5.26 Å². The smallest absolute Gasteiger partial charge is 0.237 e. The first kappa shape index (κ1) is 17.2. The van der Waals surface area contributed by atoms with Crippen LogP contribution < -0.4 is 4.90 Å². The van der Waals surface area contributed by atoms with Gasteiger partial charge in [0.25, 0.3) is 0 Å². The molecule has 1 aliphatic rings. The Morgan fingerprint density at radius 2 is 1.96 bits per heavy atom. The van der Waals surface area contributed by atoms with Crippen molar-refractivity contribution in [2.24, 2.45) is 13.0 Å². The minimum atomic E-state index is -0.774. The summed E-state index contributed by atoms with van der Waals surface area (Å²) in [5.74, 6) is -0.223. The highest BCUT2D eigenvalue weighted by Crippen LogP contribution is 2.45. The number of hydrogen-bond donors (Lipinski definition) is 0. The zero-order chi connectivity index (χ0) is 18.5. The predicted molar refractivity (Wildman–Crippen MR) is 95.7 cm³/mol. The lowest BCUT2D eigenvalue weighted by molar-refractivity contribution is -0.122. The number of nitrogens with zero attached hydrogens (tertiary/aromatic N) is 3. The van der Waals surface area contributed by atoms with Crippen LogP contribution in [0.25, 0.3) is 11.3 Å². The number of rotatable bonds is 3. The van der Waals surface area contributed by atoms with Gasteiger partial charge in [0.15, 0.2) is 0 Å². The molecule has 0 unspecified atom stereocenters. The lowest BCUT2D eigenvalue weighted by Crippen LogP contribution is -2.38. The molecule has 0 saturated heterocycles. The maximum absolute atomic E-state index is 15.0. The summed E-state index contributed by atoms with van der Waals surface area (Å²) in [5.41, 5.74) is 2.25. The Hall–Kier alpha value is -2.61. The Balaban J connectivity index is 2.19. The van der Waals surface area contributed by atoms with Crippen molar-refractivity contribution in [3.8, 4) is 17.3 Å². The number of benzene rings is 1. The lowest BCUT2D eigenvalue weighted by atomic mass is 9.85. The third-order valence-electron chi connectivity index (χ3n) is 4.87. The van der Waals surface area contributed by atoms with Gasteiger partial charge in [-0.15, -0.1) is 0 Å². The van der Waals surface area contributed by atoms with Gasteiger partial charge in [0.1, 0.15) is 17.6 Å². The van der Waals surface area contributed by atoms with Crippen molar-refractivity contribution in [1.82, 2.24) is 4.57 Å². The normalized spacial score (nSPS) is 15.6. The van der Waals surface area contributed by atoms with Crippen LogP contribution in [0.4, 0.5) is 10.1 Å². The monoisotopic (exact) mass is 339 g/mol. The summed E-state index contributed by atoms with van der Waals surface area (Å²) in [4.78, 5) is 14.4. The summed E-state index contributed by atoms with van der Waals surface area (Å²) in [6.07, 6.45) is 0. The maximum Gasteiger partial charge on any atom is 0.237 e. The second kappa shape index (κ2) is 5.73. The van der Waals surface area contributed by atoms with Crippen LogP contribution in [0.3, 0.4) is 0 Å². The van der Waals surface area contributed by atoms with E-state index in [2.05, 4.69) is 6.07 Å². The number of amides is 1. The molecule has 1 aromatic heterocycles. The van der Waals surface area contributed by atoms with Crippen molar-refractivity contribution >= 4 is 11.6 Å². The van der Waals surface area contributed by atoms with Crippen LogP contribution in [0.1, 0.15) is 39.0 Å². The van der Waals surface area contributed by atoms with Gasteiger partial charge in [0, 0.05) is 24.8 Å². The van der Waals surface area contributed by atoms with Gasteiger partial charge in [0.2, 0.25) is 5.91 Å². The van der Waals surface area contributed by atoms with Crippen molar-refractivity contribution in [3.05, 3.63) is 41.3 Å². The molecule has 5 heteroatoms. The first-order chi connectivity index (χ1) is 11.7. The van der Waals surface area contributed by atoms with Gasteiger partial charge in [-0.3, -0.25) is 4.79 Å². The summed E-state index contributed by atoms with van der Waals surface area (Å²) in [6, 6.07) is 8.96. The highest BCUT2D eigenvalue weighted by molar-refractivity contribution is 6.08. The molecular formula is C20H22FN3O. The van der Waals surface area contributed by atoms with E-state index in [1.165, 1.54) is 6.07 Å². The molecule has 1 aliphatic heterocycles. The number of carbonyl (C=O) groups excluding carboxylic acids is 1. The van der Waals surface area contributed by atoms with E-state index in [0.29, 0.717) is 29.1 Å². The van der Waals surface area contributed by atoms with E-state index in [4.69, 9.17) is 5.26 Å². The molecule has 1 aromatic carbocycles. The van der Waals surface area contributed by atoms with Crippen LogP contribution >= 0.6 is 0 Å². The molecule has 0 radical (unpaired) electrons. The van der Waals surface area contributed by atoms with Crippen molar-refractivity contribution in [2.75, 3.05) is 11.4 Å². The number of aromatic nitrogens is 1. The first-order valence-electron chi connectivity index (χ1n) is 8.40. The third-order valence-corrected chi connectivity index (χ3v) is 4.87. The average Bonchev–Trinajstić information content (AvgIpc) is 2.99. The van der Waals surface area contributed by atoms with Crippen molar-refractivity contribution in [2.45, 2.75) is 33.1 Å². The molecule has 0 atom stereocenters. The SMILES string of the molecule is CC(C)CN1C(=O)C(C)(C)c2cc(-c3ccc(C#N)n3C)cc(F)c21. The number of fused-ring (bicyclic) bond motifs is 1. The molecule has 0 spiro atoms. The molecule has 3 rings (SSSR count). The van der Waals surface area contributed by atoms with Gasteiger partial charge >= 0.3 is 0 Å². The molecule has 4 nitrogen and oxygen atoms in total. The molecule has 0 fully saturated rings. The molecule has 0 N–H and O–H groups in total. The molecule has 130 valence electrons. The molecule has 0 bridgehead atoms. The first-order valence-corrected chi connectivity index (χ1v) is 8.40. The van der Waals surface area contributed by atoms with Gasteiger partial charge in [0.05, 0.1) is 11.1 Å². The highest BCUT2D eigenvalue weighted by Gasteiger charge is 2.45. The van der Waals surface area contributed by atoms with E-state index in [1.54, 1.807) is 28.6 Å². The lowest BCUT2D eigenvalue weighted by Gasteiger charge is -2.22. The van der Waals surface area contributed by atoms with Gasteiger partial charge in [-0.1, -0.05) is 13.8 Å². The number of nitriles is 1. The van der Waals surface area contributed by atoms with Gasteiger partial charge < -0.3 is 9.47 Å². The minimum absolute atomic E-state index is 0.0724. The molecule has 0 saturated carbocycles. The molecular weight excluding hydrogens is 317 g/mol. The summed E-state index contributed by atoms with van der Waals surface area (Å²) < 4.78 is 16.7. The fourth-order valence-corrected chi connectivity index (χ4v) is 3.50. The zero-order valence-corrected chi connectivity index (χ0v) is 15.2. The highest BCUT2D eigenvalue weighted by atomic mass is 19.1. The summed E-state index contributed by atoms with van der Waals surface area (Å²) in [6.45, 7) is 8.19. The summed E-state index contributed by atoms with van der Waals surface area (Å²) in [5, 5.41) is 9.13. The van der Waals surface area contributed by atoms with Gasteiger partial charge in [-0.05, 0) is 49.6 Å². The summed E-state index contributed by atoms with van der Waals surface area (Å²) >= 11 is 0. The Kier molecular flexibility index (Phi) is 3.95. The number of anilines is 1. The van der Waals surface area contributed by atoms with E-state index in [9.17, 15) is 4.79 Å². The fourth-order valence-electron chi connectivity index (χ4n) is 3.50. The quantitative estimate of drug-likeness (QED) is 0.849. The molecule has 1 amide bonds. The van der Waals surface area contributed by atoms with Crippen molar-refractivity contribution < 1.29 is 9.18 Å². The van der Waals surface area contributed by atoms with E-state index < -0.39 is 11.2 Å². The molecule has 25 heavy (non-hydrogen) atoms. The Labute approximate surface area is 147 Å². The number of carbonyl (C=O) groups is 1. The Bertz CT molecular complexity index is 902. The predicted octanol–water partition coefficient (Wildman–Crippen LogP) is 3.98. The fraction of sp³-hybridized carbons (Fsp3) is 0.400. The minimum Gasteiger partial charge on any atom is -0.335 e. The van der Waals surface area contributed by atoms with Crippen LogP contribution in [0, 0.1) is 23.1 Å². The molecule has 2 heterocycles. The van der Waals surface area contributed by atoms with Crippen LogP contribution in [-0.2, 0) is 17.3 Å². The second-order valence-electron chi connectivity index (χ2n) is 7.56. The topological polar surface area (TPSA) is 49.0 Å². The van der Waals surface area contributed by atoms with Crippen molar-refractivity contribution in [1.29, 1.82) is 5.26 Å². The summed E-state index contributed by atoms with van der Waals surface area (Å²) in [7, 11) is 1.78. The molecule has 0 aliphatic carbocycles. The zero-order valence-electron chi connectivity index (χ0n) is 15.2. The second-order valence-corrected chi connectivity index (χ2v) is 7.56. The van der Waals surface area contributed by atoms with Crippen LogP contribution in [-0.4, -0.2) is 17.0 Å². The third kappa shape index (κ3) is 2.53. The van der Waals surface area contributed by atoms with Crippen LogP contribution in [0.5, 0.6) is 0 Å². The van der Waals surface area contributed by atoms with E-state index in [-0.39, 0.29) is 11.8 Å². The van der Waals surface area contributed by atoms with E-state index >= 15 is 4.39 Å². The van der Waals surface area contributed by atoms with Gasteiger partial charge in [-0.25, -0.2) is 4.39 Å². The standard InChI is InChI=1S/C20H22FN3O/c1-12(2)11-24-18-15(20(3,4)19(24)25)8-13(9-16(18)21)17-7-6-14(10-22)23(17)5/h6-9,12H,11H2,1-5H3. The Morgan fingerprint density at radius 1 is 1.28 bits per heavy atom. The number of halogens is 1. The van der Waals surface area contributed by atoms with E-state index in [0.717, 1.165) is 5.69 Å². The number of hydrogen-bond acceptors (Lipinski definition) is 2.